The van der Waals surface area contributed by atoms with E-state index in [1.54, 1.807) is 0 Å². The number of hydrogen-bond acceptors (Lipinski definition) is 2. The van der Waals surface area contributed by atoms with Crippen LogP contribution in [0.1, 0.15) is 46.0 Å². The highest BCUT2D eigenvalue weighted by Gasteiger charge is 2.13. The van der Waals surface area contributed by atoms with Crippen molar-refractivity contribution in [2.75, 3.05) is 13.1 Å². The van der Waals surface area contributed by atoms with Gasteiger partial charge in [0, 0.05) is 19.0 Å². The van der Waals surface area contributed by atoms with Crippen molar-refractivity contribution < 1.29 is 4.79 Å². The zero-order chi connectivity index (χ0) is 11.1. The zero-order valence-electron chi connectivity index (χ0n) is 10.0. The second kappa shape index (κ2) is 6.83. The van der Waals surface area contributed by atoms with Crippen LogP contribution in [0.4, 0.5) is 0 Å². The summed E-state index contributed by atoms with van der Waals surface area (Å²) in [5.74, 6) is 0.828. The summed E-state index contributed by atoms with van der Waals surface area (Å²) in [7, 11) is 0. The van der Waals surface area contributed by atoms with E-state index < -0.39 is 0 Å². The Hall–Kier alpha value is -0.570. The van der Waals surface area contributed by atoms with E-state index in [0.29, 0.717) is 18.4 Å². The quantitative estimate of drug-likeness (QED) is 0.703. The Balaban J connectivity index is 1.96. The highest BCUT2D eigenvalue weighted by molar-refractivity contribution is 5.75. The fourth-order valence-corrected chi connectivity index (χ4v) is 1.90. The molecular weight excluding hydrogens is 188 g/mol. The minimum Gasteiger partial charge on any atom is -0.356 e. The van der Waals surface area contributed by atoms with Crippen LogP contribution in [-0.2, 0) is 4.79 Å². The molecule has 1 saturated heterocycles. The number of rotatable bonds is 6. The first-order chi connectivity index (χ1) is 7.18. The summed E-state index contributed by atoms with van der Waals surface area (Å²) in [6.45, 7) is 6.27. The van der Waals surface area contributed by atoms with Crippen LogP contribution < -0.4 is 10.6 Å². The fraction of sp³-hybridized carbons (Fsp3) is 0.917. The van der Waals surface area contributed by atoms with Crippen LogP contribution in [0.3, 0.4) is 0 Å². The lowest BCUT2D eigenvalue weighted by molar-refractivity contribution is -0.121. The molecule has 0 aliphatic carbocycles. The summed E-state index contributed by atoms with van der Waals surface area (Å²) in [4.78, 5) is 11.4. The molecule has 0 spiro atoms. The van der Waals surface area contributed by atoms with Gasteiger partial charge in [0.05, 0.1) is 0 Å². The molecule has 1 amide bonds. The minimum atomic E-state index is 0.210. The first kappa shape index (κ1) is 12.5. The molecule has 1 rings (SSSR count). The average Bonchev–Trinajstić information content (AvgIpc) is 2.67. The van der Waals surface area contributed by atoms with Gasteiger partial charge in [0.15, 0.2) is 0 Å². The Labute approximate surface area is 93.0 Å². The van der Waals surface area contributed by atoms with Crippen molar-refractivity contribution in [3.63, 3.8) is 0 Å². The maximum absolute atomic E-state index is 11.4. The van der Waals surface area contributed by atoms with Gasteiger partial charge >= 0.3 is 0 Å². The third-order valence-electron chi connectivity index (χ3n) is 2.93. The second-order valence-electron chi connectivity index (χ2n) is 4.86. The lowest BCUT2D eigenvalue weighted by Gasteiger charge is -2.11. The summed E-state index contributed by atoms with van der Waals surface area (Å²) >= 11 is 0. The van der Waals surface area contributed by atoms with Crippen LogP contribution in [0.5, 0.6) is 0 Å². The molecule has 1 aliphatic rings. The largest absolute Gasteiger partial charge is 0.356 e. The van der Waals surface area contributed by atoms with Gasteiger partial charge in [-0.3, -0.25) is 4.79 Å². The molecule has 1 fully saturated rings. The Kier molecular flexibility index (Phi) is 5.69. The molecule has 3 nitrogen and oxygen atoms in total. The van der Waals surface area contributed by atoms with Gasteiger partial charge in [0.2, 0.25) is 5.91 Å². The predicted octanol–water partition coefficient (Wildman–Crippen LogP) is 1.68. The van der Waals surface area contributed by atoms with E-state index in [1.807, 2.05) is 0 Å². The predicted molar refractivity (Wildman–Crippen MR) is 62.7 cm³/mol. The van der Waals surface area contributed by atoms with Crippen molar-refractivity contribution in [1.82, 2.24) is 10.6 Å². The van der Waals surface area contributed by atoms with Crippen molar-refractivity contribution >= 4 is 5.91 Å². The highest BCUT2D eigenvalue weighted by atomic mass is 16.1. The van der Waals surface area contributed by atoms with Gasteiger partial charge < -0.3 is 10.6 Å². The van der Waals surface area contributed by atoms with Gasteiger partial charge in [-0.1, -0.05) is 13.8 Å². The van der Waals surface area contributed by atoms with Crippen molar-refractivity contribution in [2.24, 2.45) is 5.92 Å². The Morgan fingerprint density at radius 2 is 2.33 bits per heavy atom. The summed E-state index contributed by atoms with van der Waals surface area (Å²) in [6.07, 6.45) is 5.30. The zero-order valence-corrected chi connectivity index (χ0v) is 10.0. The summed E-state index contributed by atoms with van der Waals surface area (Å²) < 4.78 is 0. The molecule has 0 saturated carbocycles. The highest BCUT2D eigenvalue weighted by Crippen LogP contribution is 2.07. The van der Waals surface area contributed by atoms with E-state index in [1.165, 1.54) is 12.8 Å². The third-order valence-corrected chi connectivity index (χ3v) is 2.93. The molecule has 0 unspecified atom stereocenters. The van der Waals surface area contributed by atoms with Crippen molar-refractivity contribution in [3.05, 3.63) is 0 Å². The van der Waals surface area contributed by atoms with E-state index >= 15 is 0 Å². The molecule has 0 radical (unpaired) electrons. The van der Waals surface area contributed by atoms with Crippen LogP contribution in [0.2, 0.25) is 0 Å². The minimum absolute atomic E-state index is 0.210. The Morgan fingerprint density at radius 1 is 1.53 bits per heavy atom. The molecule has 2 N–H and O–H groups in total. The monoisotopic (exact) mass is 212 g/mol. The summed E-state index contributed by atoms with van der Waals surface area (Å²) in [5.41, 5.74) is 0. The topological polar surface area (TPSA) is 41.1 Å². The standard InChI is InChI=1S/C12H24N2O/c1-10(2)5-6-12(15)14-9-7-11-4-3-8-13-11/h10-11,13H,3-9H2,1-2H3,(H,14,15)/t11-/m0/s1. The van der Waals surface area contributed by atoms with E-state index in [0.717, 1.165) is 25.9 Å². The second-order valence-corrected chi connectivity index (χ2v) is 4.86. The van der Waals surface area contributed by atoms with Crippen molar-refractivity contribution in [1.29, 1.82) is 0 Å². The fourth-order valence-electron chi connectivity index (χ4n) is 1.90. The van der Waals surface area contributed by atoms with Crippen LogP contribution >= 0.6 is 0 Å². The number of hydrogen-bond donors (Lipinski definition) is 2. The molecule has 0 aromatic heterocycles. The van der Waals surface area contributed by atoms with Crippen LogP contribution in [0.15, 0.2) is 0 Å². The lowest BCUT2D eigenvalue weighted by atomic mass is 10.1. The molecule has 3 heteroatoms. The van der Waals surface area contributed by atoms with Crippen LogP contribution in [0.25, 0.3) is 0 Å². The lowest BCUT2D eigenvalue weighted by Crippen LogP contribution is -2.30. The van der Waals surface area contributed by atoms with Gasteiger partial charge in [0.25, 0.3) is 0 Å². The number of amides is 1. The number of nitrogens with one attached hydrogen (secondary N) is 2. The third kappa shape index (κ3) is 5.78. The summed E-state index contributed by atoms with van der Waals surface area (Å²) in [5, 5.41) is 6.42. The van der Waals surface area contributed by atoms with E-state index in [-0.39, 0.29) is 5.91 Å². The molecule has 0 bridgehead atoms. The Bertz CT molecular complexity index is 186. The molecule has 1 atom stereocenters. The first-order valence-electron chi connectivity index (χ1n) is 6.18. The van der Waals surface area contributed by atoms with Crippen LogP contribution in [-0.4, -0.2) is 25.0 Å². The molecule has 1 heterocycles. The van der Waals surface area contributed by atoms with Gasteiger partial charge in [-0.05, 0) is 38.1 Å². The molecule has 88 valence electrons. The van der Waals surface area contributed by atoms with Gasteiger partial charge in [-0.15, -0.1) is 0 Å². The van der Waals surface area contributed by atoms with E-state index in [9.17, 15) is 4.79 Å². The maximum atomic E-state index is 11.4. The first-order valence-corrected chi connectivity index (χ1v) is 6.18. The molecule has 1 aliphatic heterocycles. The molecule has 0 aromatic rings. The van der Waals surface area contributed by atoms with Crippen molar-refractivity contribution in [2.45, 2.75) is 52.0 Å². The van der Waals surface area contributed by atoms with Crippen LogP contribution in [0, 0.1) is 5.92 Å². The van der Waals surface area contributed by atoms with Gasteiger partial charge in [-0.2, -0.15) is 0 Å². The molecule has 0 aromatic carbocycles. The smallest absolute Gasteiger partial charge is 0.220 e. The molecular formula is C12H24N2O. The Morgan fingerprint density at radius 3 is 2.93 bits per heavy atom. The molecule has 15 heavy (non-hydrogen) atoms. The maximum Gasteiger partial charge on any atom is 0.220 e. The number of carbonyl (C=O) groups is 1. The van der Waals surface area contributed by atoms with Crippen molar-refractivity contribution in [3.8, 4) is 0 Å². The van der Waals surface area contributed by atoms with Gasteiger partial charge in [-0.25, -0.2) is 0 Å². The van der Waals surface area contributed by atoms with Gasteiger partial charge in [0.1, 0.15) is 0 Å². The summed E-state index contributed by atoms with van der Waals surface area (Å²) in [6, 6.07) is 0.635. The number of carbonyl (C=O) groups excluding carboxylic acids is 1. The SMILES string of the molecule is CC(C)CCC(=O)NCC[C@@H]1CCCN1. The van der Waals surface area contributed by atoms with E-state index in [2.05, 4.69) is 24.5 Å². The van der Waals surface area contributed by atoms with E-state index in [4.69, 9.17) is 0 Å². The average molecular weight is 212 g/mol. The normalized spacial score (nSPS) is 20.9.